The van der Waals surface area contributed by atoms with Crippen molar-refractivity contribution in [2.24, 2.45) is 0 Å². The number of hydrogen-bond donors (Lipinski definition) is 2. The van der Waals surface area contributed by atoms with Gasteiger partial charge in [-0.1, -0.05) is 17.8 Å². The first-order valence-corrected chi connectivity index (χ1v) is 11.7. The normalized spacial score (nSPS) is 11.6. The largest absolute Gasteiger partial charge is 0.454 e. The molecule has 2 aromatic carbocycles. The lowest BCUT2D eigenvalue weighted by Crippen LogP contribution is -2.21. The average Bonchev–Trinajstić information content (AvgIpc) is 3.29. The fourth-order valence-electron chi connectivity index (χ4n) is 3.42. The minimum atomic E-state index is -0.702. The number of carbonyl (C=O) groups excluding carboxylic acids is 3. The van der Waals surface area contributed by atoms with Gasteiger partial charge in [-0.3, -0.25) is 9.59 Å². The summed E-state index contributed by atoms with van der Waals surface area (Å²) < 4.78 is 15.7. The molecule has 3 aromatic rings. The van der Waals surface area contributed by atoms with E-state index in [0.717, 1.165) is 22.9 Å². The van der Waals surface area contributed by atoms with E-state index in [0.29, 0.717) is 27.9 Å². The number of anilines is 2. The molecule has 0 bridgehead atoms. The minimum Gasteiger partial charge on any atom is -0.454 e. The van der Waals surface area contributed by atoms with Crippen LogP contribution in [0.4, 0.5) is 11.4 Å². The number of fused-ring (bicyclic) bond motifs is 1. The van der Waals surface area contributed by atoms with Crippen LogP contribution in [-0.4, -0.2) is 41.9 Å². The molecule has 0 fully saturated rings. The highest BCUT2D eigenvalue weighted by atomic mass is 32.2. The van der Waals surface area contributed by atoms with Crippen LogP contribution in [0.25, 0.3) is 0 Å². The van der Waals surface area contributed by atoms with Gasteiger partial charge in [-0.2, -0.15) is 0 Å². The number of pyridine rings is 1. The van der Waals surface area contributed by atoms with E-state index in [1.54, 1.807) is 24.3 Å². The van der Waals surface area contributed by atoms with Gasteiger partial charge in [0, 0.05) is 23.6 Å². The number of thioether (sulfide) groups is 1. The zero-order chi connectivity index (χ0) is 24.8. The Morgan fingerprint density at radius 2 is 1.69 bits per heavy atom. The predicted octanol–water partition coefficient (Wildman–Crippen LogP) is 3.95. The fraction of sp³-hybridized carbons (Fsp3) is 0.200. The third-order valence-electron chi connectivity index (χ3n) is 4.83. The number of hydrogen-bond acceptors (Lipinski definition) is 8. The van der Waals surface area contributed by atoms with Gasteiger partial charge in [0.25, 0.3) is 5.91 Å². The fourth-order valence-corrected chi connectivity index (χ4v) is 4.20. The number of aryl methyl sites for hydroxylation is 2. The van der Waals surface area contributed by atoms with E-state index in [4.69, 9.17) is 14.2 Å². The predicted molar refractivity (Wildman–Crippen MR) is 131 cm³/mol. The van der Waals surface area contributed by atoms with Crippen molar-refractivity contribution in [3.8, 4) is 11.5 Å². The lowest BCUT2D eigenvalue weighted by atomic mass is 10.1. The van der Waals surface area contributed by atoms with E-state index >= 15 is 0 Å². The zero-order valence-electron chi connectivity index (χ0n) is 19.1. The summed E-state index contributed by atoms with van der Waals surface area (Å²) in [5.41, 5.74) is 3.39. The lowest BCUT2D eigenvalue weighted by molar-refractivity contribution is -0.119. The summed E-state index contributed by atoms with van der Waals surface area (Å²) in [6.07, 6.45) is 1.52. The number of carbonyl (C=O) groups is 3. The number of aromatic nitrogens is 1. The molecule has 0 radical (unpaired) electrons. The van der Waals surface area contributed by atoms with E-state index in [9.17, 15) is 14.4 Å². The SMILES string of the molecule is Cc1cc(C)cc(NC(=O)COC(=O)c2cccnc2SCC(=O)Nc2ccc3c(c2)OCO3)c1. The van der Waals surface area contributed by atoms with Crippen LogP contribution in [0.15, 0.2) is 59.8 Å². The van der Waals surface area contributed by atoms with Crippen LogP contribution in [0.5, 0.6) is 11.5 Å². The zero-order valence-corrected chi connectivity index (χ0v) is 19.9. The summed E-state index contributed by atoms with van der Waals surface area (Å²) in [4.78, 5) is 41.4. The summed E-state index contributed by atoms with van der Waals surface area (Å²) in [7, 11) is 0. The lowest BCUT2D eigenvalue weighted by Gasteiger charge is -2.10. The van der Waals surface area contributed by atoms with Gasteiger partial charge < -0.3 is 24.8 Å². The van der Waals surface area contributed by atoms with Crippen molar-refractivity contribution in [1.82, 2.24) is 4.98 Å². The van der Waals surface area contributed by atoms with Gasteiger partial charge >= 0.3 is 5.97 Å². The average molecular weight is 494 g/mol. The minimum absolute atomic E-state index is 0.0128. The Hall–Kier alpha value is -4.05. The van der Waals surface area contributed by atoms with E-state index < -0.39 is 18.5 Å². The second kappa shape index (κ2) is 10.9. The molecule has 2 heterocycles. The molecule has 10 heteroatoms. The number of nitrogens with zero attached hydrogens (tertiary/aromatic N) is 1. The van der Waals surface area contributed by atoms with Gasteiger partial charge in [0.1, 0.15) is 5.03 Å². The molecule has 180 valence electrons. The van der Waals surface area contributed by atoms with E-state index in [1.165, 1.54) is 12.3 Å². The Balaban J connectivity index is 1.30. The van der Waals surface area contributed by atoms with Gasteiger partial charge in [-0.05, 0) is 61.4 Å². The van der Waals surface area contributed by atoms with Crippen molar-refractivity contribution < 1.29 is 28.6 Å². The number of ether oxygens (including phenoxy) is 3. The Morgan fingerprint density at radius 1 is 0.943 bits per heavy atom. The van der Waals surface area contributed by atoms with Crippen molar-refractivity contribution in [3.63, 3.8) is 0 Å². The van der Waals surface area contributed by atoms with Gasteiger partial charge in [0.2, 0.25) is 12.7 Å². The maximum absolute atomic E-state index is 12.6. The maximum Gasteiger partial charge on any atom is 0.341 e. The number of benzene rings is 2. The second-order valence-electron chi connectivity index (χ2n) is 7.76. The smallest absolute Gasteiger partial charge is 0.341 e. The monoisotopic (exact) mass is 493 g/mol. The number of esters is 1. The Bertz CT molecular complexity index is 1260. The summed E-state index contributed by atoms with van der Waals surface area (Å²) in [5.74, 6) is -0.245. The third-order valence-corrected chi connectivity index (χ3v) is 5.83. The molecule has 9 nitrogen and oxygen atoms in total. The molecule has 1 aromatic heterocycles. The van der Waals surface area contributed by atoms with Crippen LogP contribution in [0, 0.1) is 13.8 Å². The van der Waals surface area contributed by atoms with Gasteiger partial charge in [0.05, 0.1) is 11.3 Å². The standard InChI is InChI=1S/C25H23N3O6S/c1-15-8-16(2)10-18(9-15)28-22(29)12-32-25(31)19-4-3-7-26-24(19)35-13-23(30)27-17-5-6-20-21(11-17)34-14-33-20/h3-11H,12-14H2,1-2H3,(H,27,30)(H,28,29). The van der Waals surface area contributed by atoms with Crippen LogP contribution < -0.4 is 20.1 Å². The van der Waals surface area contributed by atoms with Gasteiger partial charge in [0.15, 0.2) is 18.1 Å². The van der Waals surface area contributed by atoms with Gasteiger partial charge in [-0.15, -0.1) is 0 Å². The molecule has 0 spiro atoms. The molecule has 0 unspecified atom stereocenters. The first-order chi connectivity index (χ1) is 16.9. The van der Waals surface area contributed by atoms with Crippen LogP contribution in [0.2, 0.25) is 0 Å². The molecule has 0 atom stereocenters. The van der Waals surface area contributed by atoms with E-state index in [1.807, 2.05) is 32.0 Å². The molecular weight excluding hydrogens is 470 g/mol. The summed E-state index contributed by atoms with van der Waals surface area (Å²) in [6.45, 7) is 3.56. The van der Waals surface area contributed by atoms with Crippen molar-refractivity contribution in [1.29, 1.82) is 0 Å². The van der Waals surface area contributed by atoms with Gasteiger partial charge in [-0.25, -0.2) is 9.78 Å². The Labute approximate surface area is 206 Å². The molecule has 1 aliphatic heterocycles. The molecular formula is C25H23N3O6S. The first kappa shape index (κ1) is 24.1. The molecule has 2 N–H and O–H groups in total. The molecule has 35 heavy (non-hydrogen) atoms. The Kier molecular flexibility index (Phi) is 7.51. The molecule has 4 rings (SSSR count). The first-order valence-electron chi connectivity index (χ1n) is 10.7. The third kappa shape index (κ3) is 6.51. The van der Waals surface area contributed by atoms with Crippen molar-refractivity contribution in [2.75, 3.05) is 29.8 Å². The topological polar surface area (TPSA) is 116 Å². The van der Waals surface area contributed by atoms with Crippen molar-refractivity contribution in [2.45, 2.75) is 18.9 Å². The van der Waals surface area contributed by atoms with E-state index in [-0.39, 0.29) is 24.0 Å². The maximum atomic E-state index is 12.6. The summed E-state index contributed by atoms with van der Waals surface area (Å²) in [6, 6.07) is 13.9. The number of rotatable bonds is 8. The Morgan fingerprint density at radius 3 is 2.49 bits per heavy atom. The van der Waals surface area contributed by atoms with Crippen LogP contribution in [0.1, 0.15) is 21.5 Å². The van der Waals surface area contributed by atoms with E-state index in [2.05, 4.69) is 15.6 Å². The molecule has 0 saturated heterocycles. The quantitative estimate of drug-likeness (QED) is 0.358. The second-order valence-corrected chi connectivity index (χ2v) is 8.73. The van der Waals surface area contributed by atoms with Crippen molar-refractivity contribution in [3.05, 3.63) is 71.4 Å². The summed E-state index contributed by atoms with van der Waals surface area (Å²) >= 11 is 1.09. The molecule has 0 aliphatic carbocycles. The van der Waals surface area contributed by atoms with Crippen LogP contribution in [0.3, 0.4) is 0 Å². The number of nitrogens with one attached hydrogen (secondary N) is 2. The van der Waals surface area contributed by atoms with Crippen LogP contribution >= 0.6 is 11.8 Å². The van der Waals surface area contributed by atoms with Crippen molar-refractivity contribution >= 4 is 40.9 Å². The summed E-state index contributed by atoms with van der Waals surface area (Å²) in [5, 5.41) is 5.81. The molecule has 1 aliphatic rings. The van der Waals surface area contributed by atoms with Crippen LogP contribution in [-0.2, 0) is 14.3 Å². The molecule has 0 saturated carbocycles. The molecule has 2 amide bonds. The highest BCUT2D eigenvalue weighted by Crippen LogP contribution is 2.34. The highest BCUT2D eigenvalue weighted by Gasteiger charge is 2.18. The number of amides is 2. The highest BCUT2D eigenvalue weighted by molar-refractivity contribution is 8.00.